The number of amides is 2. The summed E-state index contributed by atoms with van der Waals surface area (Å²) >= 11 is 6.53. The number of sulfonamides is 1. The number of anilines is 1. The number of hydrogen-bond acceptors (Lipinski definition) is 5. The van der Waals surface area contributed by atoms with E-state index in [9.17, 15) is 22.4 Å². The Hall–Kier alpha value is -4.41. The Labute approximate surface area is 274 Å². The number of hydrogen-bond donors (Lipinski definition) is 1. The number of methoxy groups -OCH3 is 1. The van der Waals surface area contributed by atoms with Crippen molar-refractivity contribution in [3.8, 4) is 5.75 Å². The van der Waals surface area contributed by atoms with E-state index in [1.807, 2.05) is 51.1 Å². The van der Waals surface area contributed by atoms with Crippen molar-refractivity contribution in [2.75, 3.05) is 18.0 Å². The van der Waals surface area contributed by atoms with Crippen LogP contribution in [-0.4, -0.2) is 50.4 Å². The van der Waals surface area contributed by atoms with Crippen LogP contribution < -0.4 is 14.4 Å². The highest BCUT2D eigenvalue weighted by molar-refractivity contribution is 7.92. The fourth-order valence-electron chi connectivity index (χ4n) is 4.83. The minimum atomic E-state index is -4.35. The Kier molecular flexibility index (Phi) is 11.1. The van der Waals surface area contributed by atoms with Gasteiger partial charge in [0.15, 0.2) is 0 Å². The number of halogens is 2. The van der Waals surface area contributed by atoms with Crippen molar-refractivity contribution in [2.24, 2.45) is 0 Å². The van der Waals surface area contributed by atoms with Gasteiger partial charge in [-0.25, -0.2) is 12.8 Å². The zero-order chi connectivity index (χ0) is 33.5. The van der Waals surface area contributed by atoms with Gasteiger partial charge in [0.1, 0.15) is 24.2 Å². The van der Waals surface area contributed by atoms with Crippen LogP contribution >= 0.6 is 11.6 Å². The Bertz CT molecular complexity index is 1750. The molecule has 0 unspecified atom stereocenters. The van der Waals surface area contributed by atoms with Crippen molar-refractivity contribution in [1.29, 1.82) is 0 Å². The molecule has 1 atom stereocenters. The SMILES string of the molecule is COc1ccc(S(=O)(=O)N(CC(=O)N(Cc2ccccc2Cl)[C@H](Cc2ccccc2)C(=O)NC(C)(C)C)c2ccc(F)cc2)cc1. The number of rotatable bonds is 12. The number of nitrogens with one attached hydrogen (secondary N) is 1. The number of carbonyl (C=O) groups excluding carboxylic acids is 2. The number of nitrogens with zero attached hydrogens (tertiary/aromatic N) is 2. The van der Waals surface area contributed by atoms with Gasteiger partial charge in [0.05, 0.1) is 17.7 Å². The molecular formula is C35H37ClFN3O5S. The maximum atomic E-state index is 14.5. The second-order valence-electron chi connectivity index (χ2n) is 11.7. The molecule has 0 bridgehead atoms. The lowest BCUT2D eigenvalue weighted by Gasteiger charge is -2.35. The van der Waals surface area contributed by atoms with Gasteiger partial charge in [-0.05, 0) is 86.5 Å². The van der Waals surface area contributed by atoms with E-state index in [1.165, 1.54) is 48.4 Å². The van der Waals surface area contributed by atoms with Crippen LogP contribution in [0.2, 0.25) is 5.02 Å². The molecule has 8 nitrogen and oxygen atoms in total. The summed E-state index contributed by atoms with van der Waals surface area (Å²) in [5.41, 5.74) is 0.824. The van der Waals surface area contributed by atoms with Crippen molar-refractivity contribution in [3.05, 3.63) is 125 Å². The van der Waals surface area contributed by atoms with Gasteiger partial charge in [0.25, 0.3) is 10.0 Å². The molecule has 0 aromatic heterocycles. The third kappa shape index (κ3) is 8.86. The molecule has 0 spiro atoms. The van der Waals surface area contributed by atoms with Crippen LogP contribution in [0.4, 0.5) is 10.1 Å². The molecule has 46 heavy (non-hydrogen) atoms. The van der Waals surface area contributed by atoms with Crippen molar-refractivity contribution < 1.29 is 27.1 Å². The first kappa shape index (κ1) is 34.5. The number of benzene rings is 4. The van der Waals surface area contributed by atoms with Gasteiger partial charge in [-0.1, -0.05) is 60.1 Å². The highest BCUT2D eigenvalue weighted by atomic mass is 35.5. The Morgan fingerprint density at radius 1 is 0.891 bits per heavy atom. The smallest absolute Gasteiger partial charge is 0.264 e. The Balaban J connectivity index is 1.82. The van der Waals surface area contributed by atoms with Crippen LogP contribution in [0.15, 0.2) is 108 Å². The summed E-state index contributed by atoms with van der Waals surface area (Å²) in [5, 5.41) is 3.37. The summed E-state index contributed by atoms with van der Waals surface area (Å²) in [7, 11) is -2.89. The van der Waals surface area contributed by atoms with Gasteiger partial charge >= 0.3 is 0 Å². The van der Waals surface area contributed by atoms with Crippen molar-refractivity contribution in [1.82, 2.24) is 10.2 Å². The highest BCUT2D eigenvalue weighted by Gasteiger charge is 2.36. The molecule has 11 heteroatoms. The lowest BCUT2D eigenvalue weighted by Crippen LogP contribution is -2.56. The van der Waals surface area contributed by atoms with Gasteiger partial charge in [0.2, 0.25) is 11.8 Å². The van der Waals surface area contributed by atoms with Gasteiger partial charge in [-0.2, -0.15) is 0 Å². The zero-order valence-corrected chi connectivity index (χ0v) is 27.7. The molecule has 2 amide bonds. The topological polar surface area (TPSA) is 96.0 Å². The van der Waals surface area contributed by atoms with Gasteiger partial charge in [0, 0.05) is 23.5 Å². The molecule has 0 saturated heterocycles. The van der Waals surface area contributed by atoms with Crippen LogP contribution in [0.25, 0.3) is 0 Å². The third-order valence-electron chi connectivity index (χ3n) is 7.11. The molecule has 0 fully saturated rings. The summed E-state index contributed by atoms with van der Waals surface area (Å²) < 4.78 is 48.2. The largest absolute Gasteiger partial charge is 0.497 e. The maximum absolute atomic E-state index is 14.5. The Morgan fingerprint density at radius 3 is 2.09 bits per heavy atom. The molecule has 0 radical (unpaired) electrons. The van der Waals surface area contributed by atoms with Gasteiger partial charge in [-0.15, -0.1) is 0 Å². The lowest BCUT2D eigenvalue weighted by atomic mass is 10.0. The van der Waals surface area contributed by atoms with E-state index < -0.39 is 45.8 Å². The first-order valence-corrected chi connectivity index (χ1v) is 16.4. The van der Waals surface area contributed by atoms with Crippen LogP contribution in [0.5, 0.6) is 5.75 Å². The molecular weight excluding hydrogens is 629 g/mol. The molecule has 0 heterocycles. The normalized spacial score (nSPS) is 12.2. The fourth-order valence-corrected chi connectivity index (χ4v) is 6.44. The van der Waals surface area contributed by atoms with Gasteiger partial charge in [-0.3, -0.25) is 13.9 Å². The quantitative estimate of drug-likeness (QED) is 0.193. The van der Waals surface area contributed by atoms with Crippen LogP contribution in [-0.2, 0) is 32.6 Å². The molecule has 4 aromatic carbocycles. The minimum Gasteiger partial charge on any atom is -0.497 e. The van der Waals surface area contributed by atoms with E-state index in [1.54, 1.807) is 24.3 Å². The summed E-state index contributed by atoms with van der Waals surface area (Å²) in [6.07, 6.45) is 0.153. The maximum Gasteiger partial charge on any atom is 0.264 e. The summed E-state index contributed by atoms with van der Waals surface area (Å²) in [6.45, 7) is 4.75. The molecule has 0 aliphatic heterocycles. The van der Waals surface area contributed by atoms with Crippen LogP contribution in [0, 0.1) is 5.82 Å². The monoisotopic (exact) mass is 665 g/mol. The Morgan fingerprint density at radius 2 is 1.50 bits per heavy atom. The van der Waals surface area contributed by atoms with E-state index >= 15 is 0 Å². The second kappa shape index (κ2) is 14.8. The zero-order valence-electron chi connectivity index (χ0n) is 26.1. The molecule has 4 rings (SSSR count). The molecule has 0 aliphatic rings. The van der Waals surface area contributed by atoms with Crippen LogP contribution in [0.1, 0.15) is 31.9 Å². The average molecular weight is 666 g/mol. The van der Waals surface area contributed by atoms with E-state index in [0.717, 1.165) is 22.0 Å². The third-order valence-corrected chi connectivity index (χ3v) is 9.27. The predicted octanol–water partition coefficient (Wildman–Crippen LogP) is 6.24. The van der Waals surface area contributed by atoms with E-state index in [-0.39, 0.29) is 23.5 Å². The van der Waals surface area contributed by atoms with E-state index in [0.29, 0.717) is 16.3 Å². The molecule has 1 N–H and O–H groups in total. The van der Waals surface area contributed by atoms with Crippen molar-refractivity contribution in [3.63, 3.8) is 0 Å². The van der Waals surface area contributed by atoms with E-state index in [4.69, 9.17) is 16.3 Å². The second-order valence-corrected chi connectivity index (χ2v) is 14.0. The number of ether oxygens (including phenoxy) is 1. The standard InChI is InChI=1S/C35H37ClFN3O5S/c1-35(2,3)38-34(42)32(22-25-10-6-5-7-11-25)39(23-26-12-8-9-13-31(26)36)33(41)24-40(28-16-14-27(37)15-17-28)46(43,44)30-20-18-29(45-4)19-21-30/h5-21,32H,22-24H2,1-4H3,(H,38,42)/t32-/m1/s1. The average Bonchev–Trinajstić information content (AvgIpc) is 3.02. The summed E-state index contributed by atoms with van der Waals surface area (Å²) in [5.74, 6) is -1.20. The van der Waals surface area contributed by atoms with Crippen molar-refractivity contribution in [2.45, 2.75) is 50.2 Å². The summed E-state index contributed by atoms with van der Waals surface area (Å²) in [6, 6.07) is 25.7. The molecule has 4 aromatic rings. The van der Waals surface area contributed by atoms with Crippen molar-refractivity contribution >= 4 is 39.1 Å². The highest BCUT2D eigenvalue weighted by Crippen LogP contribution is 2.27. The molecule has 0 saturated carbocycles. The van der Waals surface area contributed by atoms with E-state index in [2.05, 4.69) is 5.32 Å². The minimum absolute atomic E-state index is 0.0713. The predicted molar refractivity (Wildman–Crippen MR) is 178 cm³/mol. The van der Waals surface area contributed by atoms with Crippen LogP contribution in [0.3, 0.4) is 0 Å². The summed E-state index contributed by atoms with van der Waals surface area (Å²) in [4.78, 5) is 29.7. The first-order valence-electron chi connectivity index (χ1n) is 14.6. The fraction of sp³-hybridized carbons (Fsp3) is 0.257. The lowest BCUT2D eigenvalue weighted by molar-refractivity contribution is -0.140. The first-order chi connectivity index (χ1) is 21.8. The van der Waals surface area contributed by atoms with Gasteiger partial charge < -0.3 is 15.0 Å². The number of carbonyl (C=O) groups is 2. The molecule has 242 valence electrons. The molecule has 0 aliphatic carbocycles.